The Balaban J connectivity index is 2.50. The molecule has 2 atom stereocenters. The molecule has 0 spiro atoms. The molecule has 0 bridgehead atoms. The van der Waals surface area contributed by atoms with Gasteiger partial charge in [0, 0.05) is 13.2 Å². The van der Waals surface area contributed by atoms with E-state index in [0.29, 0.717) is 6.04 Å². The molecule has 16 heavy (non-hydrogen) atoms. The molecule has 3 heteroatoms. The van der Waals surface area contributed by atoms with E-state index in [0.717, 1.165) is 31.0 Å². The average Bonchev–Trinajstić information content (AvgIpc) is 2.65. The number of hydrogen-bond donors (Lipinski definition) is 1. The minimum absolute atomic E-state index is 0.236. The fraction of sp³-hybridized carbons (Fsp3) is 0.692. The quantitative estimate of drug-likeness (QED) is 0.774. The Kier molecular flexibility index (Phi) is 5.56. The van der Waals surface area contributed by atoms with Crippen molar-refractivity contribution in [2.24, 2.45) is 0 Å². The summed E-state index contributed by atoms with van der Waals surface area (Å²) in [7, 11) is 1.74. The number of ether oxygens (including phenoxy) is 1. The summed E-state index contributed by atoms with van der Waals surface area (Å²) >= 11 is 0. The first kappa shape index (κ1) is 13.3. The number of hydrogen-bond acceptors (Lipinski definition) is 3. The molecule has 0 fully saturated rings. The SMILES string of the molecule is CCCC(COC)NC(C)c1ccc(C)o1. The maximum absolute atomic E-state index is 5.60. The van der Waals surface area contributed by atoms with E-state index in [2.05, 4.69) is 19.2 Å². The molecule has 92 valence electrons. The molecular weight excluding hydrogens is 202 g/mol. The second kappa shape index (κ2) is 6.71. The van der Waals surface area contributed by atoms with Gasteiger partial charge in [-0.05, 0) is 32.4 Å². The van der Waals surface area contributed by atoms with Crippen LogP contribution >= 0.6 is 0 Å². The van der Waals surface area contributed by atoms with Crippen molar-refractivity contribution in [2.45, 2.75) is 45.7 Å². The predicted octanol–water partition coefficient (Wildman–Crippen LogP) is 3.05. The van der Waals surface area contributed by atoms with Crippen molar-refractivity contribution in [2.75, 3.05) is 13.7 Å². The van der Waals surface area contributed by atoms with Crippen LogP contribution in [0.15, 0.2) is 16.5 Å². The summed E-state index contributed by atoms with van der Waals surface area (Å²) in [6.45, 7) is 7.02. The topological polar surface area (TPSA) is 34.4 Å². The number of furan rings is 1. The Morgan fingerprint density at radius 2 is 2.19 bits per heavy atom. The zero-order chi connectivity index (χ0) is 12.0. The second-order valence-corrected chi connectivity index (χ2v) is 4.28. The molecule has 0 aliphatic carbocycles. The standard InChI is InChI=1S/C13H23NO2/c1-5-6-12(9-15-4)14-11(3)13-8-7-10(2)16-13/h7-8,11-12,14H,5-6,9H2,1-4H3. The number of nitrogens with one attached hydrogen (secondary N) is 1. The monoisotopic (exact) mass is 225 g/mol. The normalized spacial score (nSPS) is 15.0. The lowest BCUT2D eigenvalue weighted by Gasteiger charge is -2.21. The van der Waals surface area contributed by atoms with Crippen molar-refractivity contribution in [3.05, 3.63) is 23.7 Å². The summed E-state index contributed by atoms with van der Waals surface area (Å²) in [6, 6.07) is 4.66. The summed E-state index contributed by atoms with van der Waals surface area (Å²) in [4.78, 5) is 0. The van der Waals surface area contributed by atoms with Crippen LogP contribution < -0.4 is 5.32 Å². The van der Waals surface area contributed by atoms with Crippen LogP contribution in [0.25, 0.3) is 0 Å². The molecule has 1 aromatic rings. The molecule has 0 aliphatic rings. The zero-order valence-corrected chi connectivity index (χ0v) is 10.7. The van der Waals surface area contributed by atoms with E-state index in [9.17, 15) is 0 Å². The Morgan fingerprint density at radius 1 is 1.44 bits per heavy atom. The third-order valence-electron chi connectivity index (χ3n) is 2.68. The van der Waals surface area contributed by atoms with Crippen LogP contribution in [-0.2, 0) is 4.74 Å². The van der Waals surface area contributed by atoms with Crippen LogP contribution in [-0.4, -0.2) is 19.8 Å². The van der Waals surface area contributed by atoms with E-state index >= 15 is 0 Å². The fourth-order valence-corrected chi connectivity index (χ4v) is 1.89. The van der Waals surface area contributed by atoms with Gasteiger partial charge in [-0.1, -0.05) is 13.3 Å². The molecule has 0 amide bonds. The van der Waals surface area contributed by atoms with Gasteiger partial charge in [0.1, 0.15) is 11.5 Å². The van der Waals surface area contributed by atoms with Gasteiger partial charge in [0.05, 0.1) is 12.6 Å². The number of rotatable bonds is 7. The van der Waals surface area contributed by atoms with Crippen LogP contribution in [0.1, 0.15) is 44.3 Å². The zero-order valence-electron chi connectivity index (χ0n) is 10.7. The van der Waals surface area contributed by atoms with Gasteiger partial charge in [-0.15, -0.1) is 0 Å². The van der Waals surface area contributed by atoms with E-state index < -0.39 is 0 Å². The van der Waals surface area contributed by atoms with Crippen LogP contribution in [0, 0.1) is 6.92 Å². The van der Waals surface area contributed by atoms with E-state index in [4.69, 9.17) is 9.15 Å². The van der Waals surface area contributed by atoms with Gasteiger partial charge in [0.2, 0.25) is 0 Å². The molecular formula is C13H23NO2. The average molecular weight is 225 g/mol. The predicted molar refractivity (Wildman–Crippen MR) is 65.6 cm³/mol. The first-order chi connectivity index (χ1) is 7.67. The summed E-state index contributed by atoms with van der Waals surface area (Å²) in [5, 5.41) is 3.53. The van der Waals surface area contributed by atoms with E-state index in [1.807, 2.05) is 19.1 Å². The molecule has 1 N–H and O–H groups in total. The summed E-state index contributed by atoms with van der Waals surface area (Å²) in [5.74, 6) is 1.96. The Labute approximate surface area is 98.2 Å². The Morgan fingerprint density at radius 3 is 2.69 bits per heavy atom. The summed E-state index contributed by atoms with van der Waals surface area (Å²) < 4.78 is 10.8. The highest BCUT2D eigenvalue weighted by atomic mass is 16.5. The highest BCUT2D eigenvalue weighted by molar-refractivity contribution is 5.09. The molecule has 1 heterocycles. The third kappa shape index (κ3) is 3.99. The third-order valence-corrected chi connectivity index (χ3v) is 2.68. The molecule has 3 nitrogen and oxygen atoms in total. The van der Waals surface area contributed by atoms with Crippen molar-refractivity contribution >= 4 is 0 Å². The molecule has 0 saturated heterocycles. The van der Waals surface area contributed by atoms with Crippen molar-refractivity contribution < 1.29 is 9.15 Å². The Bertz CT molecular complexity index is 290. The minimum Gasteiger partial charge on any atom is -0.465 e. The molecule has 1 rings (SSSR count). The maximum atomic E-state index is 5.60. The highest BCUT2D eigenvalue weighted by Crippen LogP contribution is 2.16. The minimum atomic E-state index is 0.236. The van der Waals surface area contributed by atoms with Crippen LogP contribution in [0.2, 0.25) is 0 Å². The smallest absolute Gasteiger partial charge is 0.120 e. The van der Waals surface area contributed by atoms with Crippen LogP contribution in [0.5, 0.6) is 0 Å². The van der Waals surface area contributed by atoms with Gasteiger partial charge >= 0.3 is 0 Å². The van der Waals surface area contributed by atoms with Gasteiger partial charge in [0.25, 0.3) is 0 Å². The van der Waals surface area contributed by atoms with Gasteiger partial charge in [-0.25, -0.2) is 0 Å². The highest BCUT2D eigenvalue weighted by Gasteiger charge is 2.14. The molecule has 1 aromatic heterocycles. The lowest BCUT2D eigenvalue weighted by Crippen LogP contribution is -2.34. The second-order valence-electron chi connectivity index (χ2n) is 4.28. The lowest BCUT2D eigenvalue weighted by molar-refractivity contribution is 0.155. The summed E-state index contributed by atoms with van der Waals surface area (Å²) in [6.07, 6.45) is 2.28. The van der Waals surface area contributed by atoms with E-state index in [-0.39, 0.29) is 6.04 Å². The lowest BCUT2D eigenvalue weighted by atomic mass is 10.1. The van der Waals surface area contributed by atoms with E-state index in [1.54, 1.807) is 7.11 Å². The number of methoxy groups -OCH3 is 1. The Hall–Kier alpha value is -0.800. The van der Waals surface area contributed by atoms with Crippen LogP contribution in [0.3, 0.4) is 0 Å². The van der Waals surface area contributed by atoms with Crippen molar-refractivity contribution in [1.82, 2.24) is 5.32 Å². The van der Waals surface area contributed by atoms with Crippen molar-refractivity contribution in [3.63, 3.8) is 0 Å². The molecule has 0 aromatic carbocycles. The van der Waals surface area contributed by atoms with Crippen molar-refractivity contribution in [3.8, 4) is 0 Å². The molecule has 0 saturated carbocycles. The van der Waals surface area contributed by atoms with Gasteiger partial charge < -0.3 is 14.5 Å². The molecule has 0 radical (unpaired) electrons. The first-order valence-corrected chi connectivity index (χ1v) is 5.98. The van der Waals surface area contributed by atoms with Crippen LogP contribution in [0.4, 0.5) is 0 Å². The van der Waals surface area contributed by atoms with Gasteiger partial charge in [-0.2, -0.15) is 0 Å². The van der Waals surface area contributed by atoms with Gasteiger partial charge in [0.15, 0.2) is 0 Å². The van der Waals surface area contributed by atoms with E-state index in [1.165, 1.54) is 0 Å². The fourth-order valence-electron chi connectivity index (χ4n) is 1.89. The first-order valence-electron chi connectivity index (χ1n) is 5.98. The molecule has 0 aliphatic heterocycles. The maximum Gasteiger partial charge on any atom is 0.120 e. The van der Waals surface area contributed by atoms with Crippen molar-refractivity contribution in [1.29, 1.82) is 0 Å². The number of aryl methyl sites for hydroxylation is 1. The van der Waals surface area contributed by atoms with Gasteiger partial charge in [-0.3, -0.25) is 0 Å². The largest absolute Gasteiger partial charge is 0.465 e. The molecule has 2 unspecified atom stereocenters. The summed E-state index contributed by atoms with van der Waals surface area (Å²) in [5.41, 5.74) is 0.